The van der Waals surface area contributed by atoms with Gasteiger partial charge in [0.1, 0.15) is 0 Å². The summed E-state index contributed by atoms with van der Waals surface area (Å²) in [5.74, 6) is 0. The molecule has 1 rings (SSSR count). The fraction of sp³-hybridized carbons (Fsp3) is 1.00. The Kier molecular flexibility index (Phi) is 7.87. The molecule has 0 aromatic rings. The molecule has 0 aromatic heterocycles. The van der Waals surface area contributed by atoms with Crippen LogP contribution in [-0.4, -0.2) is 47.8 Å². The van der Waals surface area contributed by atoms with Gasteiger partial charge in [-0.25, -0.2) is 0 Å². The largest absolute Gasteiger partial charge is 0.395 e. The minimum atomic E-state index is 0.254. The van der Waals surface area contributed by atoms with Gasteiger partial charge in [-0.2, -0.15) is 0 Å². The Morgan fingerprint density at radius 1 is 1.33 bits per heavy atom. The number of nitrogens with zero attached hydrogens (tertiary/aromatic N) is 1. The van der Waals surface area contributed by atoms with Crippen LogP contribution in [0.3, 0.4) is 0 Å². The van der Waals surface area contributed by atoms with E-state index in [4.69, 9.17) is 0 Å². The van der Waals surface area contributed by atoms with Crippen LogP contribution in [0.1, 0.15) is 59.3 Å². The maximum atomic E-state index is 9.39. The van der Waals surface area contributed by atoms with Crippen molar-refractivity contribution in [1.82, 2.24) is 10.2 Å². The third-order valence-corrected chi connectivity index (χ3v) is 3.93. The highest BCUT2D eigenvalue weighted by Crippen LogP contribution is 2.21. The fourth-order valence-corrected chi connectivity index (χ4v) is 3.03. The first-order chi connectivity index (χ1) is 8.67. The molecule has 3 heteroatoms. The van der Waals surface area contributed by atoms with Crippen molar-refractivity contribution >= 4 is 0 Å². The van der Waals surface area contributed by atoms with E-state index in [2.05, 4.69) is 31.0 Å². The third-order valence-electron chi connectivity index (χ3n) is 3.93. The molecule has 0 aliphatic carbocycles. The molecule has 3 nitrogen and oxygen atoms in total. The second-order valence-electron chi connectivity index (χ2n) is 5.96. The normalized spacial score (nSPS) is 23.5. The van der Waals surface area contributed by atoms with E-state index in [0.717, 1.165) is 19.0 Å². The summed E-state index contributed by atoms with van der Waals surface area (Å²) in [4.78, 5) is 2.65. The van der Waals surface area contributed by atoms with Crippen molar-refractivity contribution in [2.45, 2.75) is 77.4 Å². The quantitative estimate of drug-likeness (QED) is 0.700. The average molecular weight is 256 g/mol. The lowest BCUT2D eigenvalue weighted by molar-refractivity contribution is 0.124. The van der Waals surface area contributed by atoms with Crippen molar-refractivity contribution in [3.8, 4) is 0 Å². The van der Waals surface area contributed by atoms with Crippen LogP contribution in [0.5, 0.6) is 0 Å². The van der Waals surface area contributed by atoms with E-state index in [1.54, 1.807) is 0 Å². The van der Waals surface area contributed by atoms with Crippen molar-refractivity contribution in [3.63, 3.8) is 0 Å². The second-order valence-corrected chi connectivity index (χ2v) is 5.96. The summed E-state index contributed by atoms with van der Waals surface area (Å²) in [5.41, 5.74) is 0. The van der Waals surface area contributed by atoms with Crippen LogP contribution in [0, 0.1) is 0 Å². The molecule has 2 atom stereocenters. The molecule has 18 heavy (non-hydrogen) atoms. The molecule has 1 saturated heterocycles. The Morgan fingerprint density at radius 3 is 2.72 bits per heavy atom. The van der Waals surface area contributed by atoms with Crippen LogP contribution in [0.2, 0.25) is 0 Å². The van der Waals surface area contributed by atoms with Gasteiger partial charge in [-0.05, 0) is 38.8 Å². The van der Waals surface area contributed by atoms with Crippen molar-refractivity contribution in [2.24, 2.45) is 0 Å². The van der Waals surface area contributed by atoms with Gasteiger partial charge in [0.2, 0.25) is 0 Å². The molecule has 0 spiro atoms. The molecule has 0 bridgehead atoms. The summed E-state index contributed by atoms with van der Waals surface area (Å²) in [6.45, 7) is 9.21. The number of aliphatic hydroxyl groups excluding tert-OH is 1. The summed E-state index contributed by atoms with van der Waals surface area (Å²) < 4.78 is 0. The van der Waals surface area contributed by atoms with E-state index in [1.807, 2.05) is 0 Å². The van der Waals surface area contributed by atoms with E-state index in [9.17, 15) is 5.11 Å². The van der Waals surface area contributed by atoms with Gasteiger partial charge in [-0.15, -0.1) is 0 Å². The molecule has 1 fully saturated rings. The molecule has 1 aliphatic heterocycles. The number of rotatable bonds is 8. The van der Waals surface area contributed by atoms with Gasteiger partial charge in [0.25, 0.3) is 0 Å². The maximum Gasteiger partial charge on any atom is 0.0585 e. The molecular weight excluding hydrogens is 224 g/mol. The number of nitrogens with one attached hydrogen (secondary N) is 1. The lowest BCUT2D eigenvalue weighted by Gasteiger charge is -2.36. The smallest absolute Gasteiger partial charge is 0.0585 e. The number of aliphatic hydroxyl groups is 1. The monoisotopic (exact) mass is 256 g/mol. The van der Waals surface area contributed by atoms with Gasteiger partial charge in [0.05, 0.1) is 6.61 Å². The molecule has 1 heterocycles. The zero-order valence-electron chi connectivity index (χ0n) is 12.5. The van der Waals surface area contributed by atoms with Crippen molar-refractivity contribution in [2.75, 3.05) is 19.7 Å². The van der Waals surface area contributed by atoms with Crippen LogP contribution in [0.4, 0.5) is 0 Å². The first-order valence-electron chi connectivity index (χ1n) is 7.78. The number of piperidine rings is 1. The summed E-state index contributed by atoms with van der Waals surface area (Å²) >= 11 is 0. The molecule has 0 radical (unpaired) electrons. The van der Waals surface area contributed by atoms with Crippen LogP contribution < -0.4 is 5.32 Å². The zero-order valence-corrected chi connectivity index (χ0v) is 12.5. The van der Waals surface area contributed by atoms with Crippen molar-refractivity contribution in [3.05, 3.63) is 0 Å². The average Bonchev–Trinajstić information content (AvgIpc) is 2.36. The first kappa shape index (κ1) is 15.9. The molecule has 0 saturated carbocycles. The Labute approximate surface area is 113 Å². The van der Waals surface area contributed by atoms with Gasteiger partial charge in [-0.1, -0.05) is 33.6 Å². The topological polar surface area (TPSA) is 35.5 Å². The Hall–Kier alpha value is -0.120. The van der Waals surface area contributed by atoms with Crippen LogP contribution in [0.15, 0.2) is 0 Å². The molecule has 0 amide bonds. The third kappa shape index (κ3) is 5.68. The van der Waals surface area contributed by atoms with Gasteiger partial charge >= 0.3 is 0 Å². The van der Waals surface area contributed by atoms with Crippen molar-refractivity contribution in [1.29, 1.82) is 0 Å². The van der Waals surface area contributed by atoms with Gasteiger partial charge in [0.15, 0.2) is 0 Å². The summed E-state index contributed by atoms with van der Waals surface area (Å²) in [6.07, 6.45) is 7.80. The number of likely N-dealkylation sites (tertiary alicyclic amines) is 1. The van der Waals surface area contributed by atoms with Crippen LogP contribution in [-0.2, 0) is 0 Å². The highest BCUT2D eigenvalue weighted by atomic mass is 16.3. The second kappa shape index (κ2) is 8.89. The van der Waals surface area contributed by atoms with Gasteiger partial charge < -0.3 is 15.3 Å². The maximum absolute atomic E-state index is 9.39. The Morgan fingerprint density at radius 2 is 2.11 bits per heavy atom. The molecule has 2 N–H and O–H groups in total. The molecule has 2 unspecified atom stereocenters. The Bertz CT molecular complexity index is 207. The van der Waals surface area contributed by atoms with Crippen LogP contribution >= 0.6 is 0 Å². The number of hydrogen-bond acceptors (Lipinski definition) is 3. The first-order valence-corrected chi connectivity index (χ1v) is 7.78. The molecule has 0 aromatic carbocycles. The summed E-state index contributed by atoms with van der Waals surface area (Å²) in [6, 6.07) is 1.51. The minimum absolute atomic E-state index is 0.254. The summed E-state index contributed by atoms with van der Waals surface area (Å²) in [5, 5.41) is 12.8. The standard InChI is InChI=1S/C15H32N2O/c1-4-7-15-8-5-6-10-17(15)11-9-14(12-18)16-13(2)3/h13-16,18H,4-12H2,1-3H3. The minimum Gasteiger partial charge on any atom is -0.395 e. The van der Waals surface area contributed by atoms with E-state index < -0.39 is 0 Å². The zero-order chi connectivity index (χ0) is 13.4. The number of hydrogen-bond donors (Lipinski definition) is 2. The van der Waals surface area contributed by atoms with E-state index in [0.29, 0.717) is 6.04 Å². The van der Waals surface area contributed by atoms with E-state index >= 15 is 0 Å². The van der Waals surface area contributed by atoms with Gasteiger partial charge in [0, 0.05) is 18.1 Å². The van der Waals surface area contributed by atoms with Crippen LogP contribution in [0.25, 0.3) is 0 Å². The lowest BCUT2D eigenvalue weighted by atomic mass is 9.97. The SMILES string of the molecule is CCCC1CCCCN1CCC(CO)NC(C)C. The summed E-state index contributed by atoms with van der Waals surface area (Å²) in [7, 11) is 0. The Balaban J connectivity index is 2.33. The van der Waals surface area contributed by atoms with Gasteiger partial charge in [-0.3, -0.25) is 0 Å². The van der Waals surface area contributed by atoms with Crippen molar-refractivity contribution < 1.29 is 5.11 Å². The van der Waals surface area contributed by atoms with E-state index in [-0.39, 0.29) is 12.6 Å². The highest BCUT2D eigenvalue weighted by Gasteiger charge is 2.22. The molecular formula is C15H32N2O. The predicted octanol–water partition coefficient (Wildman–Crippen LogP) is 2.39. The predicted molar refractivity (Wildman–Crippen MR) is 77.9 cm³/mol. The lowest BCUT2D eigenvalue weighted by Crippen LogP contribution is -2.44. The highest BCUT2D eigenvalue weighted by molar-refractivity contribution is 4.79. The molecule has 108 valence electrons. The fourth-order valence-electron chi connectivity index (χ4n) is 3.03. The molecule has 1 aliphatic rings. The van der Waals surface area contributed by atoms with E-state index in [1.165, 1.54) is 38.6 Å².